The molecule has 1 aromatic carbocycles. The summed E-state index contributed by atoms with van der Waals surface area (Å²) in [7, 11) is 0. The molecule has 192 valence electrons. The van der Waals surface area contributed by atoms with Crippen LogP contribution in [0.4, 0.5) is 4.79 Å². The highest BCUT2D eigenvalue weighted by Gasteiger charge is 2.43. The number of hydrogen-bond acceptors (Lipinski definition) is 5. The molecular weight excluding hydrogens is 450 g/mol. The fraction of sp³-hybridized carbons (Fsp3) is 0.654. The molecule has 2 unspecified atom stereocenters. The highest BCUT2D eigenvalue weighted by molar-refractivity contribution is 7.80. The van der Waals surface area contributed by atoms with Crippen molar-refractivity contribution in [2.45, 2.75) is 105 Å². The van der Waals surface area contributed by atoms with Crippen LogP contribution in [0.2, 0.25) is 0 Å². The lowest BCUT2D eigenvalue weighted by molar-refractivity contribution is -0.149. The molecule has 0 aliphatic carbocycles. The Kier molecular flexibility index (Phi) is 10.5. The predicted octanol–water partition coefficient (Wildman–Crippen LogP) is 4.71. The number of nitrogens with one attached hydrogen (secondary N) is 2. The zero-order valence-corrected chi connectivity index (χ0v) is 23.3. The van der Waals surface area contributed by atoms with Crippen LogP contribution in [0.25, 0.3) is 0 Å². The van der Waals surface area contributed by atoms with Gasteiger partial charge in [-0.25, -0.2) is 4.79 Å². The maximum atomic E-state index is 14.0. The van der Waals surface area contributed by atoms with Gasteiger partial charge in [0.05, 0.1) is 0 Å². The summed E-state index contributed by atoms with van der Waals surface area (Å²) < 4.78 is 5.36. The van der Waals surface area contributed by atoms with Crippen LogP contribution in [0.5, 0.6) is 0 Å². The van der Waals surface area contributed by atoms with Gasteiger partial charge in [-0.3, -0.25) is 9.59 Å². The van der Waals surface area contributed by atoms with Gasteiger partial charge in [0.2, 0.25) is 11.8 Å². The van der Waals surface area contributed by atoms with Gasteiger partial charge in [-0.2, -0.15) is 12.6 Å². The van der Waals surface area contributed by atoms with Gasteiger partial charge in [-0.05, 0) is 79.9 Å². The summed E-state index contributed by atoms with van der Waals surface area (Å²) in [5.74, 6) is -0.608. The van der Waals surface area contributed by atoms with E-state index in [4.69, 9.17) is 4.74 Å². The number of alkyl carbamates (subject to hydrolysis) is 1. The average molecular weight is 494 g/mol. The third-order valence-corrected chi connectivity index (χ3v) is 5.95. The largest absolute Gasteiger partial charge is 0.444 e. The summed E-state index contributed by atoms with van der Waals surface area (Å²) >= 11 is 4.34. The van der Waals surface area contributed by atoms with Gasteiger partial charge in [0.25, 0.3) is 0 Å². The first-order valence-corrected chi connectivity index (χ1v) is 12.5. The van der Waals surface area contributed by atoms with E-state index in [2.05, 4.69) is 23.3 Å². The summed E-state index contributed by atoms with van der Waals surface area (Å²) in [5.41, 5.74) is 1.32. The number of carbonyl (C=O) groups excluding carboxylic acids is 3. The van der Waals surface area contributed by atoms with Gasteiger partial charge in [0.15, 0.2) is 0 Å². The van der Waals surface area contributed by atoms with E-state index >= 15 is 0 Å². The molecule has 0 radical (unpaired) electrons. The van der Waals surface area contributed by atoms with Gasteiger partial charge < -0.3 is 20.3 Å². The van der Waals surface area contributed by atoms with Crippen LogP contribution in [0, 0.1) is 13.8 Å². The van der Waals surface area contributed by atoms with E-state index in [1.165, 1.54) is 0 Å². The molecule has 0 fully saturated rings. The van der Waals surface area contributed by atoms with Gasteiger partial charge in [-0.15, -0.1) is 0 Å². The van der Waals surface area contributed by atoms with Crippen molar-refractivity contribution in [3.05, 3.63) is 34.9 Å². The molecule has 0 saturated heterocycles. The van der Waals surface area contributed by atoms with Crippen molar-refractivity contribution >= 4 is 30.5 Å². The maximum absolute atomic E-state index is 14.0. The van der Waals surface area contributed by atoms with E-state index in [0.717, 1.165) is 16.7 Å². The Hall–Kier alpha value is -2.22. The number of aryl methyl sites for hydroxylation is 2. The number of thiol groups is 1. The Labute approximate surface area is 210 Å². The van der Waals surface area contributed by atoms with Crippen molar-refractivity contribution in [1.82, 2.24) is 15.5 Å². The Balaban J connectivity index is 3.60. The SMILES string of the molecule is CCC(C)(C)N(C(=O)C(CS)NC(=O)OC(C)(C)C)C(C(=O)NC(C)C)c1ccc(C)cc1C. The molecule has 0 aliphatic rings. The highest BCUT2D eigenvalue weighted by atomic mass is 32.1. The highest BCUT2D eigenvalue weighted by Crippen LogP contribution is 2.34. The molecule has 0 saturated carbocycles. The van der Waals surface area contributed by atoms with Crippen LogP contribution in [0.3, 0.4) is 0 Å². The lowest BCUT2D eigenvalue weighted by Crippen LogP contribution is -2.60. The lowest BCUT2D eigenvalue weighted by Gasteiger charge is -2.45. The molecule has 0 spiro atoms. The number of rotatable bonds is 9. The minimum atomic E-state index is -0.968. The molecule has 2 N–H and O–H groups in total. The standard InChI is InChI=1S/C26H43N3O4S/c1-11-26(9,10)29(23(31)20(15-34)28-24(32)33-25(6,7)8)21(22(30)27-16(2)3)19-13-12-17(4)14-18(19)5/h12-14,16,20-21,34H,11,15H2,1-10H3,(H,27,30)(H,28,32). The fourth-order valence-electron chi connectivity index (χ4n) is 3.64. The van der Waals surface area contributed by atoms with Crippen LogP contribution in [-0.4, -0.2) is 51.8 Å². The zero-order chi connectivity index (χ0) is 26.4. The van der Waals surface area contributed by atoms with Gasteiger partial charge in [-0.1, -0.05) is 30.7 Å². The van der Waals surface area contributed by atoms with E-state index in [1.807, 2.05) is 66.7 Å². The zero-order valence-electron chi connectivity index (χ0n) is 22.4. The smallest absolute Gasteiger partial charge is 0.408 e. The Morgan fingerprint density at radius 3 is 2.09 bits per heavy atom. The molecular formula is C26H43N3O4S. The molecule has 0 bridgehead atoms. The van der Waals surface area contributed by atoms with Crippen molar-refractivity contribution in [2.24, 2.45) is 0 Å². The number of ether oxygens (including phenoxy) is 1. The number of amides is 3. The molecule has 0 aliphatic heterocycles. The monoisotopic (exact) mass is 493 g/mol. The normalized spacial score (nSPS) is 13.8. The van der Waals surface area contributed by atoms with Crippen molar-refractivity contribution in [1.29, 1.82) is 0 Å². The minimum Gasteiger partial charge on any atom is -0.444 e. The molecule has 1 rings (SSSR count). The van der Waals surface area contributed by atoms with Crippen LogP contribution >= 0.6 is 12.6 Å². The lowest BCUT2D eigenvalue weighted by atomic mass is 9.90. The van der Waals surface area contributed by atoms with Gasteiger partial charge in [0, 0.05) is 17.3 Å². The van der Waals surface area contributed by atoms with Crippen molar-refractivity contribution < 1.29 is 19.1 Å². The minimum absolute atomic E-state index is 0.0553. The first-order valence-electron chi connectivity index (χ1n) is 11.8. The van der Waals surface area contributed by atoms with E-state index in [-0.39, 0.29) is 17.7 Å². The third-order valence-electron chi connectivity index (χ3n) is 5.58. The molecule has 3 amide bonds. The van der Waals surface area contributed by atoms with Crippen LogP contribution in [-0.2, 0) is 14.3 Å². The number of benzene rings is 1. The second kappa shape index (κ2) is 12.0. The van der Waals surface area contributed by atoms with E-state index in [1.54, 1.807) is 25.7 Å². The first-order chi connectivity index (χ1) is 15.5. The Morgan fingerprint density at radius 1 is 1.06 bits per heavy atom. The Bertz CT molecular complexity index is 877. The number of nitrogens with zero attached hydrogens (tertiary/aromatic N) is 1. The van der Waals surface area contributed by atoms with Crippen molar-refractivity contribution in [3.63, 3.8) is 0 Å². The molecule has 0 heterocycles. The van der Waals surface area contributed by atoms with Crippen LogP contribution in [0.15, 0.2) is 18.2 Å². The number of hydrogen-bond donors (Lipinski definition) is 3. The van der Waals surface area contributed by atoms with Gasteiger partial charge >= 0.3 is 6.09 Å². The summed E-state index contributed by atoms with van der Waals surface area (Å²) in [5, 5.41) is 5.63. The molecule has 0 aromatic heterocycles. The fourth-order valence-corrected chi connectivity index (χ4v) is 3.89. The molecule has 2 atom stereocenters. The quantitative estimate of drug-likeness (QED) is 0.435. The third kappa shape index (κ3) is 8.22. The summed E-state index contributed by atoms with van der Waals surface area (Å²) in [6.45, 7) is 18.8. The summed E-state index contributed by atoms with van der Waals surface area (Å²) in [6.07, 6.45) is -0.107. The predicted molar refractivity (Wildman–Crippen MR) is 140 cm³/mol. The van der Waals surface area contributed by atoms with E-state index in [9.17, 15) is 14.4 Å². The number of carbonyl (C=O) groups is 3. The molecule has 34 heavy (non-hydrogen) atoms. The first kappa shape index (κ1) is 29.8. The van der Waals surface area contributed by atoms with E-state index < -0.39 is 35.2 Å². The summed E-state index contributed by atoms with van der Waals surface area (Å²) in [6, 6.07) is 3.88. The van der Waals surface area contributed by atoms with Crippen molar-refractivity contribution in [2.75, 3.05) is 5.75 Å². The van der Waals surface area contributed by atoms with E-state index in [0.29, 0.717) is 6.42 Å². The maximum Gasteiger partial charge on any atom is 0.408 e. The van der Waals surface area contributed by atoms with Crippen LogP contribution < -0.4 is 10.6 Å². The molecule has 8 heteroatoms. The molecule has 1 aromatic rings. The Morgan fingerprint density at radius 2 is 1.65 bits per heavy atom. The average Bonchev–Trinajstić information content (AvgIpc) is 2.68. The van der Waals surface area contributed by atoms with Crippen molar-refractivity contribution in [3.8, 4) is 0 Å². The second-order valence-electron chi connectivity index (χ2n) is 10.7. The topological polar surface area (TPSA) is 87.7 Å². The molecule has 7 nitrogen and oxygen atoms in total. The van der Waals surface area contributed by atoms with Crippen LogP contribution in [0.1, 0.15) is 84.5 Å². The van der Waals surface area contributed by atoms with Gasteiger partial charge in [0.1, 0.15) is 17.7 Å². The summed E-state index contributed by atoms with van der Waals surface area (Å²) in [4.78, 5) is 41.6. The second-order valence-corrected chi connectivity index (χ2v) is 11.0.